The van der Waals surface area contributed by atoms with Gasteiger partial charge in [-0.1, -0.05) is 240 Å². The van der Waals surface area contributed by atoms with Crippen LogP contribution in [0, 0.1) is 0 Å². The van der Waals surface area contributed by atoms with Gasteiger partial charge < -0.3 is 14.2 Å². The normalized spacial score (nSPS) is 12.8. The van der Waals surface area contributed by atoms with Gasteiger partial charge in [-0.25, -0.2) is 0 Å². The fourth-order valence-corrected chi connectivity index (χ4v) is 8.07. The van der Waals surface area contributed by atoms with E-state index in [1.165, 1.54) is 122 Å². The molecule has 0 heterocycles. The van der Waals surface area contributed by atoms with E-state index in [2.05, 4.69) is 118 Å². The second kappa shape index (κ2) is 58.9. The number of esters is 3. The Hall–Kier alpha value is -3.67. The van der Waals surface area contributed by atoms with Gasteiger partial charge in [-0.05, 0) is 116 Å². The van der Waals surface area contributed by atoms with Gasteiger partial charge in [-0.2, -0.15) is 0 Å². The summed E-state index contributed by atoms with van der Waals surface area (Å²) < 4.78 is 16.8. The largest absolute Gasteiger partial charge is 0.462 e. The van der Waals surface area contributed by atoms with Crippen molar-refractivity contribution in [2.24, 2.45) is 0 Å². The van der Waals surface area contributed by atoms with Crippen LogP contribution in [-0.4, -0.2) is 37.2 Å². The summed E-state index contributed by atoms with van der Waals surface area (Å²) in [7, 11) is 0. The summed E-state index contributed by atoms with van der Waals surface area (Å²) in [5, 5.41) is 0. The summed E-state index contributed by atoms with van der Waals surface area (Å²) in [4.78, 5) is 38.2. The van der Waals surface area contributed by atoms with Gasteiger partial charge in [0.1, 0.15) is 13.2 Å². The van der Waals surface area contributed by atoms with Crippen LogP contribution in [0.3, 0.4) is 0 Å². The van der Waals surface area contributed by atoms with Crippen LogP contribution < -0.4 is 0 Å². The number of ether oxygens (including phenoxy) is 3. The molecule has 0 saturated carbocycles. The number of unbranched alkanes of at least 4 members (excludes halogenated alkanes) is 26. The smallest absolute Gasteiger partial charge is 0.306 e. The molecule has 0 aromatic heterocycles. The van der Waals surface area contributed by atoms with E-state index >= 15 is 0 Å². The molecule has 0 fully saturated rings. The second-order valence-electron chi connectivity index (χ2n) is 19.5. The first kappa shape index (κ1) is 67.3. The Kier molecular flexibility index (Phi) is 55.9. The quantitative estimate of drug-likeness (QED) is 0.0261. The van der Waals surface area contributed by atoms with Gasteiger partial charge >= 0.3 is 17.9 Å². The Balaban J connectivity index is 4.38. The first-order valence-corrected chi connectivity index (χ1v) is 29.7. The summed E-state index contributed by atoms with van der Waals surface area (Å²) in [6, 6.07) is 0. The first-order chi connectivity index (χ1) is 35.0. The Morgan fingerprint density at radius 1 is 0.296 bits per heavy atom. The van der Waals surface area contributed by atoms with Crippen molar-refractivity contribution in [3.63, 3.8) is 0 Å². The third-order valence-electron chi connectivity index (χ3n) is 12.5. The average molecular weight is 988 g/mol. The van der Waals surface area contributed by atoms with E-state index in [0.717, 1.165) is 116 Å². The van der Waals surface area contributed by atoms with Crippen molar-refractivity contribution >= 4 is 17.9 Å². The lowest BCUT2D eigenvalue weighted by Crippen LogP contribution is -2.30. The standard InChI is InChI=1S/C65H110O6/c1-4-7-10-13-16-19-22-24-26-28-30-31-32-33-35-36-38-40-43-46-49-52-55-58-64(67)70-61-62(60-69-63(66)57-54-51-48-45-42-21-18-15-12-9-6-3)71-65(68)59-56-53-50-47-44-41-39-37-34-29-27-25-23-20-17-14-11-8-5-2/h7,10,15-16,18-19,24-27,30-31,33,35,38,40,62H,4-6,8-9,11-14,17,20-23,28-29,32,34,36-37,39,41-61H2,1-3H3/b10-7-,18-15-,19-16-,26-24-,27-25-,31-30-,35-33-,40-38-. The van der Waals surface area contributed by atoms with Crippen LogP contribution in [0.4, 0.5) is 0 Å². The maximum absolute atomic E-state index is 12.9. The Morgan fingerprint density at radius 2 is 0.563 bits per heavy atom. The van der Waals surface area contributed by atoms with Crippen LogP contribution in [0.1, 0.15) is 278 Å². The summed E-state index contributed by atoms with van der Waals surface area (Å²) in [5.41, 5.74) is 0. The Morgan fingerprint density at radius 3 is 0.915 bits per heavy atom. The molecule has 0 aliphatic carbocycles. The van der Waals surface area contributed by atoms with Crippen molar-refractivity contribution in [2.75, 3.05) is 13.2 Å². The lowest BCUT2D eigenvalue weighted by Gasteiger charge is -2.18. The highest BCUT2D eigenvalue weighted by molar-refractivity contribution is 5.71. The van der Waals surface area contributed by atoms with Gasteiger partial charge in [-0.15, -0.1) is 0 Å². The molecule has 0 amide bonds. The minimum absolute atomic E-state index is 0.0910. The predicted octanol–water partition coefficient (Wildman–Crippen LogP) is 20.1. The van der Waals surface area contributed by atoms with Gasteiger partial charge in [0.25, 0.3) is 0 Å². The molecule has 6 heteroatoms. The maximum atomic E-state index is 12.9. The molecule has 0 spiro atoms. The zero-order valence-electron chi connectivity index (χ0n) is 46.5. The van der Waals surface area contributed by atoms with Crippen molar-refractivity contribution < 1.29 is 28.6 Å². The maximum Gasteiger partial charge on any atom is 0.306 e. The molecule has 0 N–H and O–H groups in total. The molecule has 0 saturated heterocycles. The Bertz CT molecular complexity index is 1410. The van der Waals surface area contributed by atoms with Crippen LogP contribution in [0.25, 0.3) is 0 Å². The van der Waals surface area contributed by atoms with Crippen LogP contribution in [0.5, 0.6) is 0 Å². The van der Waals surface area contributed by atoms with Gasteiger partial charge in [0.15, 0.2) is 6.10 Å². The topological polar surface area (TPSA) is 78.9 Å². The number of hydrogen-bond acceptors (Lipinski definition) is 6. The van der Waals surface area contributed by atoms with Crippen LogP contribution in [0.15, 0.2) is 97.2 Å². The molecular weight excluding hydrogens is 877 g/mol. The predicted molar refractivity (Wildman–Crippen MR) is 307 cm³/mol. The lowest BCUT2D eigenvalue weighted by molar-refractivity contribution is -0.167. The van der Waals surface area contributed by atoms with E-state index in [9.17, 15) is 14.4 Å². The van der Waals surface area contributed by atoms with E-state index in [1.54, 1.807) is 0 Å². The second-order valence-corrected chi connectivity index (χ2v) is 19.5. The molecule has 0 aromatic rings. The Labute approximate surface area is 438 Å². The van der Waals surface area contributed by atoms with E-state index < -0.39 is 6.10 Å². The van der Waals surface area contributed by atoms with Crippen LogP contribution >= 0.6 is 0 Å². The molecule has 1 atom stereocenters. The zero-order valence-corrected chi connectivity index (χ0v) is 46.5. The zero-order chi connectivity index (χ0) is 51.4. The summed E-state index contributed by atoms with van der Waals surface area (Å²) in [6.07, 6.45) is 78.3. The van der Waals surface area contributed by atoms with Crippen LogP contribution in [0.2, 0.25) is 0 Å². The highest BCUT2D eigenvalue weighted by Gasteiger charge is 2.19. The van der Waals surface area contributed by atoms with E-state index in [1.807, 2.05) is 0 Å². The van der Waals surface area contributed by atoms with Gasteiger partial charge in [0.2, 0.25) is 0 Å². The average Bonchev–Trinajstić information content (AvgIpc) is 3.37. The number of allylic oxidation sites excluding steroid dienone is 16. The first-order valence-electron chi connectivity index (χ1n) is 29.7. The molecule has 1 unspecified atom stereocenters. The van der Waals surface area contributed by atoms with Crippen molar-refractivity contribution in [1.29, 1.82) is 0 Å². The SMILES string of the molecule is CC/C=C\C/C=C\C/C=C\C/C=C\C/C=C\C/C=C\CCCCCCC(=O)OCC(COC(=O)CCCCCCC/C=C\CCCC)OC(=O)CCCCCCCCCCC/C=C\CCCCCCCC. The number of carbonyl (C=O) groups excluding carboxylic acids is 3. The van der Waals surface area contributed by atoms with E-state index in [-0.39, 0.29) is 31.1 Å². The third-order valence-corrected chi connectivity index (χ3v) is 12.5. The van der Waals surface area contributed by atoms with Gasteiger partial charge in [-0.3, -0.25) is 14.4 Å². The monoisotopic (exact) mass is 987 g/mol. The van der Waals surface area contributed by atoms with E-state index in [0.29, 0.717) is 19.3 Å². The van der Waals surface area contributed by atoms with Crippen molar-refractivity contribution in [3.05, 3.63) is 97.2 Å². The van der Waals surface area contributed by atoms with E-state index in [4.69, 9.17) is 14.2 Å². The molecule has 0 rings (SSSR count). The summed E-state index contributed by atoms with van der Waals surface area (Å²) >= 11 is 0. The number of rotatable bonds is 53. The molecule has 0 radical (unpaired) electrons. The summed E-state index contributed by atoms with van der Waals surface area (Å²) in [5.74, 6) is -0.924. The molecular formula is C65H110O6. The molecule has 406 valence electrons. The molecule has 0 aliphatic rings. The van der Waals surface area contributed by atoms with Crippen molar-refractivity contribution in [2.45, 2.75) is 284 Å². The summed E-state index contributed by atoms with van der Waals surface area (Å²) in [6.45, 7) is 6.46. The van der Waals surface area contributed by atoms with Crippen molar-refractivity contribution in [1.82, 2.24) is 0 Å². The molecule has 6 nitrogen and oxygen atoms in total. The minimum Gasteiger partial charge on any atom is -0.462 e. The third kappa shape index (κ3) is 57.1. The highest BCUT2D eigenvalue weighted by atomic mass is 16.6. The van der Waals surface area contributed by atoms with Gasteiger partial charge in [0, 0.05) is 19.3 Å². The fourth-order valence-electron chi connectivity index (χ4n) is 8.07. The van der Waals surface area contributed by atoms with Gasteiger partial charge in [0.05, 0.1) is 0 Å². The number of carbonyl (C=O) groups is 3. The molecule has 0 bridgehead atoms. The fraction of sp³-hybridized carbons (Fsp3) is 0.708. The minimum atomic E-state index is -0.794. The molecule has 71 heavy (non-hydrogen) atoms. The molecule has 0 aromatic carbocycles. The van der Waals surface area contributed by atoms with Crippen molar-refractivity contribution in [3.8, 4) is 0 Å². The lowest BCUT2D eigenvalue weighted by atomic mass is 10.1. The highest BCUT2D eigenvalue weighted by Crippen LogP contribution is 2.15. The number of hydrogen-bond donors (Lipinski definition) is 0. The van der Waals surface area contributed by atoms with Crippen LogP contribution in [-0.2, 0) is 28.6 Å². The molecule has 0 aliphatic heterocycles.